The number of carbonyl (C=O) groups excluding carboxylic acids is 1. The molecule has 3 atom stereocenters. The first-order valence-electron chi connectivity index (χ1n) is 7.41. The van der Waals surface area contributed by atoms with Crippen LogP contribution in [0.3, 0.4) is 0 Å². The summed E-state index contributed by atoms with van der Waals surface area (Å²) < 4.78 is 5.42. The zero-order valence-corrected chi connectivity index (χ0v) is 11.8. The van der Waals surface area contributed by atoms with Crippen molar-refractivity contribution < 1.29 is 9.53 Å². The lowest BCUT2D eigenvalue weighted by atomic mass is 9.88. The third kappa shape index (κ3) is 2.76. The second-order valence-corrected chi connectivity index (χ2v) is 6.39. The molecule has 1 N–H and O–H groups in total. The largest absolute Gasteiger partial charge is 0.463 e. The summed E-state index contributed by atoms with van der Waals surface area (Å²) in [6.45, 7) is 4.92. The molecule has 2 aliphatic carbocycles. The van der Waals surface area contributed by atoms with Gasteiger partial charge in [0.2, 0.25) is 0 Å². The quantitative estimate of drug-likeness (QED) is 0.611. The Bertz CT molecular complexity index is 436. The molecule has 3 heteroatoms. The predicted octanol–water partition coefficient (Wildman–Crippen LogP) is 2.58. The molecule has 3 rings (SSSR count). The van der Waals surface area contributed by atoms with E-state index in [0.717, 1.165) is 25.7 Å². The Balaban J connectivity index is 1.52. The van der Waals surface area contributed by atoms with E-state index in [1.165, 1.54) is 5.57 Å². The number of rotatable bonds is 5. The van der Waals surface area contributed by atoms with Crippen molar-refractivity contribution in [2.75, 3.05) is 6.61 Å². The van der Waals surface area contributed by atoms with Gasteiger partial charge in [-0.05, 0) is 44.1 Å². The van der Waals surface area contributed by atoms with Crippen LogP contribution in [0.5, 0.6) is 0 Å². The first kappa shape index (κ1) is 12.9. The summed E-state index contributed by atoms with van der Waals surface area (Å²) in [6, 6.07) is 0.425. The standard InChI is InChI=1S/C16H23NO2/c1-11(12-6-4-3-5-7-12)14-16(2,17-14)10-19-15(18)13-8-9-13/h4,6-7,11,13-14,17H,3,5,8-10H2,1-2H3. The number of ether oxygens (including phenoxy) is 1. The minimum atomic E-state index is -0.0317. The second kappa shape index (κ2) is 4.78. The van der Waals surface area contributed by atoms with Crippen LogP contribution in [0, 0.1) is 11.8 Å². The summed E-state index contributed by atoms with van der Waals surface area (Å²) in [5.41, 5.74) is 1.39. The van der Waals surface area contributed by atoms with Gasteiger partial charge in [0.05, 0.1) is 11.5 Å². The van der Waals surface area contributed by atoms with E-state index in [4.69, 9.17) is 4.74 Å². The van der Waals surface area contributed by atoms with Crippen LogP contribution in [0.2, 0.25) is 0 Å². The summed E-state index contributed by atoms with van der Waals surface area (Å²) in [4.78, 5) is 11.6. The fraction of sp³-hybridized carbons (Fsp3) is 0.688. The molecule has 0 radical (unpaired) electrons. The summed E-state index contributed by atoms with van der Waals surface area (Å²) in [5, 5.41) is 3.50. The molecule has 2 fully saturated rings. The summed E-state index contributed by atoms with van der Waals surface area (Å²) in [6.07, 6.45) is 11.2. The van der Waals surface area contributed by atoms with E-state index in [0.29, 0.717) is 18.6 Å². The van der Waals surface area contributed by atoms with Crippen molar-refractivity contribution in [2.45, 2.75) is 51.1 Å². The van der Waals surface area contributed by atoms with Crippen LogP contribution in [0.1, 0.15) is 39.5 Å². The molecular weight excluding hydrogens is 238 g/mol. The van der Waals surface area contributed by atoms with Crippen LogP contribution >= 0.6 is 0 Å². The van der Waals surface area contributed by atoms with Gasteiger partial charge in [-0.15, -0.1) is 0 Å². The molecule has 1 saturated carbocycles. The zero-order chi connectivity index (χ0) is 13.5. The van der Waals surface area contributed by atoms with E-state index in [9.17, 15) is 4.79 Å². The number of nitrogens with one attached hydrogen (secondary N) is 1. The molecule has 0 bridgehead atoms. The lowest BCUT2D eigenvalue weighted by Crippen LogP contribution is -2.25. The van der Waals surface area contributed by atoms with Gasteiger partial charge in [-0.25, -0.2) is 0 Å². The van der Waals surface area contributed by atoms with Gasteiger partial charge < -0.3 is 10.1 Å². The maximum Gasteiger partial charge on any atom is 0.308 e. The van der Waals surface area contributed by atoms with E-state index >= 15 is 0 Å². The van der Waals surface area contributed by atoms with Gasteiger partial charge in [-0.2, -0.15) is 0 Å². The Kier molecular flexibility index (Phi) is 3.25. The fourth-order valence-corrected chi connectivity index (χ4v) is 2.94. The molecule has 3 aliphatic rings. The number of carbonyl (C=O) groups is 1. The highest BCUT2D eigenvalue weighted by Gasteiger charge is 2.53. The predicted molar refractivity (Wildman–Crippen MR) is 74.6 cm³/mol. The molecule has 3 unspecified atom stereocenters. The highest BCUT2D eigenvalue weighted by molar-refractivity contribution is 5.75. The Morgan fingerprint density at radius 3 is 2.95 bits per heavy atom. The maximum absolute atomic E-state index is 11.6. The molecular formula is C16H23NO2. The zero-order valence-electron chi connectivity index (χ0n) is 11.8. The fourth-order valence-electron chi connectivity index (χ4n) is 2.94. The van der Waals surface area contributed by atoms with E-state index in [2.05, 4.69) is 37.4 Å². The van der Waals surface area contributed by atoms with Crippen molar-refractivity contribution >= 4 is 5.97 Å². The number of esters is 1. The van der Waals surface area contributed by atoms with E-state index < -0.39 is 0 Å². The molecule has 1 heterocycles. The highest BCUT2D eigenvalue weighted by Crippen LogP contribution is 2.38. The van der Waals surface area contributed by atoms with E-state index in [1.807, 2.05) is 0 Å². The Hall–Kier alpha value is -1.09. The third-order valence-corrected chi connectivity index (χ3v) is 4.56. The van der Waals surface area contributed by atoms with Gasteiger partial charge >= 0.3 is 5.97 Å². The highest BCUT2D eigenvalue weighted by atomic mass is 16.5. The average molecular weight is 261 g/mol. The average Bonchev–Trinajstić information content (AvgIpc) is 3.32. The van der Waals surface area contributed by atoms with Crippen molar-refractivity contribution in [3.05, 3.63) is 23.8 Å². The van der Waals surface area contributed by atoms with Gasteiger partial charge in [-0.1, -0.05) is 25.2 Å². The minimum absolute atomic E-state index is 0.00175. The van der Waals surface area contributed by atoms with Crippen LogP contribution in [0.25, 0.3) is 0 Å². The van der Waals surface area contributed by atoms with Crippen molar-refractivity contribution in [1.82, 2.24) is 5.32 Å². The normalized spacial score (nSPS) is 34.6. The van der Waals surface area contributed by atoms with E-state index in [1.54, 1.807) is 0 Å². The van der Waals surface area contributed by atoms with Gasteiger partial charge in [0, 0.05) is 6.04 Å². The molecule has 0 aromatic carbocycles. The number of allylic oxidation sites excluding steroid dienone is 3. The third-order valence-electron chi connectivity index (χ3n) is 4.56. The molecule has 0 aromatic heterocycles. The first-order valence-corrected chi connectivity index (χ1v) is 7.41. The topological polar surface area (TPSA) is 48.2 Å². The van der Waals surface area contributed by atoms with Gasteiger partial charge in [0.15, 0.2) is 0 Å². The smallest absolute Gasteiger partial charge is 0.308 e. The monoisotopic (exact) mass is 261 g/mol. The molecule has 3 nitrogen and oxygen atoms in total. The molecule has 19 heavy (non-hydrogen) atoms. The SMILES string of the molecule is CC(C1=CCCC=C1)C1NC1(C)COC(=O)C1CC1. The number of hydrogen-bond donors (Lipinski definition) is 1. The Labute approximate surface area is 115 Å². The van der Waals surface area contributed by atoms with Crippen LogP contribution in [-0.2, 0) is 9.53 Å². The minimum Gasteiger partial charge on any atom is -0.463 e. The first-order chi connectivity index (χ1) is 9.10. The van der Waals surface area contributed by atoms with Crippen molar-refractivity contribution in [3.8, 4) is 0 Å². The number of hydrogen-bond acceptors (Lipinski definition) is 3. The van der Waals surface area contributed by atoms with Gasteiger partial charge in [-0.3, -0.25) is 4.79 Å². The van der Waals surface area contributed by atoms with Gasteiger partial charge in [0.25, 0.3) is 0 Å². The Morgan fingerprint density at radius 2 is 2.32 bits per heavy atom. The summed E-state index contributed by atoms with van der Waals surface area (Å²) in [5.74, 6) is 0.682. The Morgan fingerprint density at radius 1 is 1.53 bits per heavy atom. The summed E-state index contributed by atoms with van der Waals surface area (Å²) in [7, 11) is 0. The molecule has 0 aromatic rings. The van der Waals surface area contributed by atoms with Crippen molar-refractivity contribution in [3.63, 3.8) is 0 Å². The van der Waals surface area contributed by atoms with Crippen LogP contribution in [0.15, 0.2) is 23.8 Å². The molecule has 104 valence electrons. The van der Waals surface area contributed by atoms with Crippen molar-refractivity contribution in [1.29, 1.82) is 0 Å². The van der Waals surface area contributed by atoms with Crippen molar-refractivity contribution in [2.24, 2.45) is 11.8 Å². The van der Waals surface area contributed by atoms with Crippen LogP contribution < -0.4 is 5.32 Å². The maximum atomic E-state index is 11.6. The lowest BCUT2D eigenvalue weighted by molar-refractivity contribution is -0.146. The van der Waals surface area contributed by atoms with E-state index in [-0.39, 0.29) is 17.4 Å². The molecule has 0 spiro atoms. The van der Waals surface area contributed by atoms with Crippen LogP contribution in [0.4, 0.5) is 0 Å². The second-order valence-electron chi connectivity index (χ2n) is 6.39. The molecule has 1 saturated heterocycles. The summed E-state index contributed by atoms with van der Waals surface area (Å²) >= 11 is 0. The van der Waals surface area contributed by atoms with Gasteiger partial charge in [0.1, 0.15) is 6.61 Å². The molecule has 0 amide bonds. The molecule has 1 aliphatic heterocycles. The van der Waals surface area contributed by atoms with Crippen LogP contribution in [-0.4, -0.2) is 24.2 Å². The lowest BCUT2D eigenvalue weighted by Gasteiger charge is -2.17.